The Hall–Kier alpha value is -2.28. The van der Waals surface area contributed by atoms with Crippen LogP contribution < -0.4 is 5.48 Å². The molecule has 2 heterocycles. The van der Waals surface area contributed by atoms with E-state index in [1.807, 2.05) is 38.2 Å². The van der Waals surface area contributed by atoms with E-state index < -0.39 is 16.9 Å². The van der Waals surface area contributed by atoms with Gasteiger partial charge in [-0.25, -0.2) is 5.48 Å². The van der Waals surface area contributed by atoms with E-state index in [1.54, 1.807) is 17.7 Å². The maximum atomic E-state index is 12.0. The molecular formula is C21H27N3O3. The summed E-state index contributed by atoms with van der Waals surface area (Å²) in [4.78, 5) is 18.1. The minimum Gasteiger partial charge on any atom is -0.380 e. The average Bonchev–Trinajstić information content (AvgIpc) is 2.65. The van der Waals surface area contributed by atoms with Gasteiger partial charge >= 0.3 is 0 Å². The van der Waals surface area contributed by atoms with Crippen molar-refractivity contribution in [2.75, 3.05) is 20.1 Å². The molecule has 0 bridgehead atoms. The summed E-state index contributed by atoms with van der Waals surface area (Å²) < 4.78 is 0. The second-order valence-electron chi connectivity index (χ2n) is 8.12. The van der Waals surface area contributed by atoms with Gasteiger partial charge in [0.25, 0.3) is 5.91 Å². The Labute approximate surface area is 159 Å². The fourth-order valence-corrected chi connectivity index (χ4v) is 4.17. The van der Waals surface area contributed by atoms with Gasteiger partial charge in [0.2, 0.25) is 0 Å². The molecular weight excluding hydrogens is 342 g/mol. The number of aliphatic hydroxyl groups is 1. The van der Waals surface area contributed by atoms with Crippen LogP contribution in [0.1, 0.15) is 53.7 Å². The Morgan fingerprint density at radius 1 is 1.22 bits per heavy atom. The highest BCUT2D eigenvalue weighted by Gasteiger charge is 2.55. The van der Waals surface area contributed by atoms with Gasteiger partial charge in [0.1, 0.15) is 5.60 Å². The zero-order chi connectivity index (χ0) is 19.8. The number of hydroxylamine groups is 1. The van der Waals surface area contributed by atoms with Crippen LogP contribution in [0, 0.1) is 5.41 Å². The number of likely N-dealkylation sites (tertiary alicyclic amines) is 1. The van der Waals surface area contributed by atoms with Crippen molar-refractivity contribution in [1.29, 1.82) is 0 Å². The zero-order valence-electron chi connectivity index (χ0n) is 16.2. The molecule has 6 nitrogen and oxygen atoms in total. The molecule has 0 radical (unpaired) electrons. The molecule has 0 saturated carbocycles. The fraction of sp³-hybridized carbons (Fsp3) is 0.429. The van der Waals surface area contributed by atoms with Crippen molar-refractivity contribution < 1.29 is 15.1 Å². The molecule has 3 rings (SSSR count). The van der Waals surface area contributed by atoms with E-state index >= 15 is 0 Å². The van der Waals surface area contributed by atoms with Crippen molar-refractivity contribution in [2.24, 2.45) is 5.41 Å². The molecule has 3 N–H and O–H groups in total. The topological polar surface area (TPSA) is 85.7 Å². The number of rotatable bonds is 5. The number of aromatic nitrogens is 1. The first kappa shape index (κ1) is 19.5. The first-order valence-electron chi connectivity index (χ1n) is 9.12. The first-order valence-corrected chi connectivity index (χ1v) is 9.12. The average molecular weight is 369 g/mol. The SMILES string of the molecule is CC(C)c1ccc([C@](O)(c2cncc(C(=O)NO)c2)C2(C)CN(C)C2)cc1. The van der Waals surface area contributed by atoms with Crippen molar-refractivity contribution >= 4 is 5.91 Å². The van der Waals surface area contributed by atoms with Crippen LogP contribution in [0.4, 0.5) is 0 Å². The van der Waals surface area contributed by atoms with Crippen molar-refractivity contribution in [3.05, 3.63) is 65.0 Å². The van der Waals surface area contributed by atoms with Gasteiger partial charge in [0.05, 0.1) is 5.56 Å². The minimum absolute atomic E-state index is 0.198. The Morgan fingerprint density at radius 3 is 2.37 bits per heavy atom. The molecule has 2 aromatic rings. The zero-order valence-corrected chi connectivity index (χ0v) is 16.2. The standard InChI is InChI=1S/C21H27N3O3/c1-14(2)15-5-7-17(8-6-15)21(26,20(3)12-24(4)13-20)18-9-16(10-22-11-18)19(25)23-27/h5-11,14,26-27H,12-13H2,1-4H3,(H,23,25)/t21-/m0/s1. The monoisotopic (exact) mass is 369 g/mol. The highest BCUT2D eigenvalue weighted by molar-refractivity contribution is 5.93. The summed E-state index contributed by atoms with van der Waals surface area (Å²) in [6, 6.07) is 9.58. The molecule has 1 fully saturated rings. The van der Waals surface area contributed by atoms with Gasteiger partial charge in [-0.3, -0.25) is 15.0 Å². The predicted octanol–water partition coefficient (Wildman–Crippen LogP) is 2.51. The summed E-state index contributed by atoms with van der Waals surface area (Å²) >= 11 is 0. The Kier molecular flexibility index (Phi) is 5.08. The van der Waals surface area contributed by atoms with Crippen LogP contribution in [0.25, 0.3) is 0 Å². The second-order valence-corrected chi connectivity index (χ2v) is 8.12. The number of carbonyl (C=O) groups is 1. The fourth-order valence-electron chi connectivity index (χ4n) is 4.17. The van der Waals surface area contributed by atoms with Crippen LogP contribution in [0.15, 0.2) is 42.7 Å². The summed E-state index contributed by atoms with van der Waals surface area (Å²) in [7, 11) is 2.01. The van der Waals surface area contributed by atoms with Crippen LogP contribution in [0.3, 0.4) is 0 Å². The molecule has 1 saturated heterocycles. The lowest BCUT2D eigenvalue weighted by Gasteiger charge is -2.55. The number of amides is 1. The molecule has 1 aliphatic rings. The molecule has 144 valence electrons. The van der Waals surface area contributed by atoms with Gasteiger partial charge in [-0.15, -0.1) is 0 Å². The third kappa shape index (κ3) is 3.25. The van der Waals surface area contributed by atoms with E-state index in [9.17, 15) is 9.90 Å². The highest BCUT2D eigenvalue weighted by Crippen LogP contribution is 2.50. The van der Waals surface area contributed by atoms with Gasteiger partial charge in [-0.05, 0) is 30.2 Å². The number of hydrogen-bond donors (Lipinski definition) is 3. The first-order chi connectivity index (χ1) is 12.7. The molecule has 1 amide bonds. The van der Waals surface area contributed by atoms with Crippen molar-refractivity contribution in [3.8, 4) is 0 Å². The van der Waals surface area contributed by atoms with Gasteiger partial charge < -0.3 is 10.0 Å². The van der Waals surface area contributed by atoms with Crippen LogP contribution in [-0.4, -0.2) is 46.2 Å². The maximum absolute atomic E-state index is 12.0. The quantitative estimate of drug-likeness (QED) is 0.557. The number of benzene rings is 1. The molecule has 1 atom stereocenters. The molecule has 1 aliphatic heterocycles. The van der Waals surface area contributed by atoms with Crippen molar-refractivity contribution in [3.63, 3.8) is 0 Å². The third-order valence-corrected chi connectivity index (χ3v) is 5.63. The van der Waals surface area contributed by atoms with Gasteiger partial charge in [-0.2, -0.15) is 0 Å². The van der Waals surface area contributed by atoms with E-state index in [4.69, 9.17) is 5.21 Å². The molecule has 1 aromatic carbocycles. The molecule has 1 aromatic heterocycles. The van der Waals surface area contributed by atoms with Crippen molar-refractivity contribution in [2.45, 2.75) is 32.3 Å². The largest absolute Gasteiger partial charge is 0.380 e. The van der Waals surface area contributed by atoms with Crippen LogP contribution in [-0.2, 0) is 5.60 Å². The lowest BCUT2D eigenvalue weighted by atomic mass is 9.62. The number of pyridine rings is 1. The number of carbonyl (C=O) groups excluding carboxylic acids is 1. The molecule has 0 unspecified atom stereocenters. The van der Waals surface area contributed by atoms with Crippen molar-refractivity contribution in [1.82, 2.24) is 15.4 Å². The normalized spacial score (nSPS) is 18.6. The molecule has 0 aliphatic carbocycles. The Balaban J connectivity index is 2.13. The van der Waals surface area contributed by atoms with Gasteiger partial charge in [-0.1, -0.05) is 45.0 Å². The van der Waals surface area contributed by atoms with Gasteiger partial charge in [0, 0.05) is 36.5 Å². The van der Waals surface area contributed by atoms with Crippen LogP contribution in [0.5, 0.6) is 0 Å². The minimum atomic E-state index is -1.31. The van der Waals surface area contributed by atoms with Crippen LogP contribution in [0.2, 0.25) is 0 Å². The Bertz CT molecular complexity index is 829. The summed E-state index contributed by atoms with van der Waals surface area (Å²) in [6.07, 6.45) is 2.96. The smallest absolute Gasteiger partial charge is 0.276 e. The maximum Gasteiger partial charge on any atom is 0.276 e. The number of nitrogens with one attached hydrogen (secondary N) is 1. The van der Waals surface area contributed by atoms with E-state index in [2.05, 4.69) is 23.7 Å². The predicted molar refractivity (Wildman–Crippen MR) is 103 cm³/mol. The number of hydrogen-bond acceptors (Lipinski definition) is 5. The second kappa shape index (κ2) is 7.03. The highest BCUT2D eigenvalue weighted by atomic mass is 16.5. The lowest BCUT2D eigenvalue weighted by Crippen LogP contribution is -2.63. The molecule has 0 spiro atoms. The molecule has 6 heteroatoms. The summed E-state index contributed by atoms with van der Waals surface area (Å²) in [5.41, 5.74) is 2.58. The molecule has 27 heavy (non-hydrogen) atoms. The van der Waals surface area contributed by atoms with Crippen LogP contribution >= 0.6 is 0 Å². The summed E-state index contributed by atoms with van der Waals surface area (Å²) in [5, 5.41) is 20.9. The summed E-state index contributed by atoms with van der Waals surface area (Å²) in [6.45, 7) is 7.73. The third-order valence-electron chi connectivity index (χ3n) is 5.63. The summed E-state index contributed by atoms with van der Waals surface area (Å²) in [5.74, 6) is -0.256. The lowest BCUT2D eigenvalue weighted by molar-refractivity contribution is -0.127. The van der Waals surface area contributed by atoms with E-state index in [0.717, 1.165) is 5.56 Å². The van der Waals surface area contributed by atoms with E-state index in [-0.39, 0.29) is 5.56 Å². The van der Waals surface area contributed by atoms with E-state index in [0.29, 0.717) is 24.6 Å². The Morgan fingerprint density at radius 2 is 1.85 bits per heavy atom. The van der Waals surface area contributed by atoms with E-state index in [1.165, 1.54) is 11.8 Å². The van der Waals surface area contributed by atoms with Gasteiger partial charge in [0.15, 0.2) is 0 Å². The number of nitrogens with zero attached hydrogens (tertiary/aromatic N) is 2.